The number of amides is 1. The van der Waals surface area contributed by atoms with Crippen LogP contribution < -0.4 is 19.5 Å². The molecule has 148 valence electrons. The molecule has 7 heteroatoms. The maximum absolute atomic E-state index is 12.6. The number of methoxy groups -OCH3 is 3. The molecule has 2 rings (SSSR count). The zero-order chi connectivity index (χ0) is 20.7. The minimum absolute atomic E-state index is 0.147. The van der Waals surface area contributed by atoms with Gasteiger partial charge in [-0.2, -0.15) is 5.26 Å². The number of ether oxygens (including phenoxy) is 3. The summed E-state index contributed by atoms with van der Waals surface area (Å²) in [5, 5.41) is 11.7. The second kappa shape index (κ2) is 9.62. The minimum atomic E-state index is -0.395. The first kappa shape index (κ1) is 21.1. The van der Waals surface area contributed by atoms with Gasteiger partial charge in [-0.05, 0) is 44.3 Å². The Morgan fingerprint density at radius 3 is 2.25 bits per heavy atom. The molecule has 2 aromatic carbocycles. The summed E-state index contributed by atoms with van der Waals surface area (Å²) in [6.45, 7) is 2.30. The molecule has 0 unspecified atom stereocenters. The summed E-state index contributed by atoms with van der Waals surface area (Å²) in [5.41, 5.74) is 2.07. The van der Waals surface area contributed by atoms with E-state index in [1.54, 1.807) is 45.6 Å². The Labute approximate surface area is 165 Å². The second-order valence-electron chi connectivity index (χ2n) is 6.26. The van der Waals surface area contributed by atoms with Crippen molar-refractivity contribution in [2.45, 2.75) is 19.5 Å². The Morgan fingerprint density at radius 1 is 1.07 bits per heavy atom. The van der Waals surface area contributed by atoms with Crippen LogP contribution in [-0.2, 0) is 11.3 Å². The monoisotopic (exact) mass is 383 g/mol. The summed E-state index contributed by atoms with van der Waals surface area (Å²) in [6, 6.07) is 12.1. The van der Waals surface area contributed by atoms with Crippen LogP contribution in [0.4, 0.5) is 5.69 Å². The summed E-state index contributed by atoms with van der Waals surface area (Å²) >= 11 is 0. The summed E-state index contributed by atoms with van der Waals surface area (Å²) in [7, 11) is 6.56. The molecule has 0 aliphatic heterocycles. The highest BCUT2D eigenvalue weighted by molar-refractivity contribution is 5.94. The first-order valence-electron chi connectivity index (χ1n) is 8.74. The standard InChI is InChI=1S/C21H25N3O4/c1-14(21(25)23-17-9-6-15(12-22)7-10-17)24(2)13-16-8-11-18(26-3)20(28-5)19(16)27-4/h6-11,14H,13H2,1-5H3,(H,23,25)/t14-/m0/s1. The van der Waals surface area contributed by atoms with Gasteiger partial charge >= 0.3 is 0 Å². The summed E-state index contributed by atoms with van der Waals surface area (Å²) in [6.07, 6.45) is 0. The largest absolute Gasteiger partial charge is 0.493 e. The summed E-state index contributed by atoms with van der Waals surface area (Å²) < 4.78 is 16.2. The molecule has 0 aliphatic rings. The third-order valence-electron chi connectivity index (χ3n) is 4.53. The van der Waals surface area contributed by atoms with E-state index in [0.717, 1.165) is 5.56 Å². The van der Waals surface area contributed by atoms with Crippen molar-refractivity contribution < 1.29 is 19.0 Å². The van der Waals surface area contributed by atoms with Crippen LogP contribution >= 0.6 is 0 Å². The van der Waals surface area contributed by atoms with Crippen molar-refractivity contribution in [3.8, 4) is 23.3 Å². The number of likely N-dealkylation sites (N-methyl/N-ethyl adjacent to an activating group) is 1. The van der Waals surface area contributed by atoms with E-state index in [2.05, 4.69) is 11.4 Å². The van der Waals surface area contributed by atoms with Crippen LogP contribution in [-0.4, -0.2) is 45.2 Å². The van der Waals surface area contributed by atoms with E-state index in [0.29, 0.717) is 35.0 Å². The van der Waals surface area contributed by atoms with Gasteiger partial charge in [0.15, 0.2) is 11.5 Å². The SMILES string of the molecule is COc1ccc(CN(C)[C@@H](C)C(=O)Nc2ccc(C#N)cc2)c(OC)c1OC. The first-order valence-corrected chi connectivity index (χ1v) is 8.74. The predicted octanol–water partition coefficient (Wildman–Crippen LogP) is 3.04. The van der Waals surface area contributed by atoms with Crippen LogP contribution in [0.5, 0.6) is 17.2 Å². The lowest BCUT2D eigenvalue weighted by Gasteiger charge is -2.25. The molecule has 0 saturated heterocycles. The lowest BCUT2D eigenvalue weighted by molar-refractivity contribution is -0.120. The van der Waals surface area contributed by atoms with Crippen molar-refractivity contribution in [3.05, 3.63) is 47.5 Å². The van der Waals surface area contributed by atoms with Crippen LogP contribution in [0.3, 0.4) is 0 Å². The number of rotatable bonds is 8. The maximum atomic E-state index is 12.6. The summed E-state index contributed by atoms with van der Waals surface area (Å²) in [5.74, 6) is 1.53. The van der Waals surface area contributed by atoms with Gasteiger partial charge in [-0.1, -0.05) is 6.07 Å². The third kappa shape index (κ3) is 4.72. The van der Waals surface area contributed by atoms with Crippen molar-refractivity contribution in [1.82, 2.24) is 4.90 Å². The van der Waals surface area contributed by atoms with Gasteiger partial charge in [0.2, 0.25) is 11.7 Å². The summed E-state index contributed by atoms with van der Waals surface area (Å²) in [4.78, 5) is 14.5. The number of nitriles is 1. The highest BCUT2D eigenvalue weighted by Gasteiger charge is 2.22. The van der Waals surface area contributed by atoms with Crippen LogP contribution in [0, 0.1) is 11.3 Å². The van der Waals surface area contributed by atoms with Gasteiger partial charge in [0, 0.05) is 17.8 Å². The zero-order valence-corrected chi connectivity index (χ0v) is 16.8. The molecule has 1 amide bonds. The number of hydrogen-bond acceptors (Lipinski definition) is 6. The lowest BCUT2D eigenvalue weighted by Crippen LogP contribution is -2.39. The second-order valence-corrected chi connectivity index (χ2v) is 6.26. The average molecular weight is 383 g/mol. The van der Waals surface area contributed by atoms with Crippen molar-refractivity contribution in [1.29, 1.82) is 5.26 Å². The number of carbonyl (C=O) groups is 1. The van der Waals surface area contributed by atoms with Gasteiger partial charge in [0.25, 0.3) is 0 Å². The van der Waals surface area contributed by atoms with E-state index in [-0.39, 0.29) is 5.91 Å². The van der Waals surface area contributed by atoms with Gasteiger partial charge < -0.3 is 19.5 Å². The number of hydrogen-bond donors (Lipinski definition) is 1. The van der Waals surface area contributed by atoms with Crippen molar-refractivity contribution in [2.24, 2.45) is 0 Å². The Hall–Kier alpha value is -3.24. The number of anilines is 1. The number of benzene rings is 2. The van der Waals surface area contributed by atoms with E-state index in [1.165, 1.54) is 0 Å². The quantitative estimate of drug-likeness (QED) is 0.754. The fourth-order valence-electron chi connectivity index (χ4n) is 2.77. The molecule has 1 atom stereocenters. The molecule has 1 N–H and O–H groups in total. The van der Waals surface area contributed by atoms with Crippen LogP contribution in [0.15, 0.2) is 36.4 Å². The zero-order valence-electron chi connectivity index (χ0n) is 16.8. The van der Waals surface area contributed by atoms with E-state index >= 15 is 0 Å². The van der Waals surface area contributed by atoms with Crippen molar-refractivity contribution >= 4 is 11.6 Å². The predicted molar refractivity (Wildman–Crippen MR) is 107 cm³/mol. The molecular formula is C21H25N3O4. The molecule has 0 spiro atoms. The molecule has 0 bridgehead atoms. The smallest absolute Gasteiger partial charge is 0.241 e. The molecule has 0 fully saturated rings. The van der Waals surface area contributed by atoms with Crippen LogP contribution in [0.2, 0.25) is 0 Å². The molecule has 28 heavy (non-hydrogen) atoms. The number of nitrogens with one attached hydrogen (secondary N) is 1. The average Bonchev–Trinajstić information content (AvgIpc) is 2.72. The molecule has 0 heterocycles. The molecular weight excluding hydrogens is 358 g/mol. The Bertz CT molecular complexity index is 859. The molecule has 2 aromatic rings. The van der Waals surface area contributed by atoms with Crippen molar-refractivity contribution in [3.63, 3.8) is 0 Å². The molecule has 0 radical (unpaired) electrons. The van der Waals surface area contributed by atoms with E-state index in [4.69, 9.17) is 19.5 Å². The van der Waals surface area contributed by atoms with Crippen LogP contribution in [0.1, 0.15) is 18.1 Å². The Morgan fingerprint density at radius 2 is 1.71 bits per heavy atom. The fourth-order valence-corrected chi connectivity index (χ4v) is 2.77. The Kier molecular flexibility index (Phi) is 7.24. The number of carbonyl (C=O) groups excluding carboxylic acids is 1. The van der Waals surface area contributed by atoms with E-state index in [1.807, 2.05) is 31.0 Å². The van der Waals surface area contributed by atoms with E-state index in [9.17, 15) is 4.79 Å². The highest BCUT2D eigenvalue weighted by Crippen LogP contribution is 2.40. The van der Waals surface area contributed by atoms with Crippen molar-refractivity contribution in [2.75, 3.05) is 33.7 Å². The number of nitrogens with zero attached hydrogens (tertiary/aromatic N) is 2. The maximum Gasteiger partial charge on any atom is 0.241 e. The highest BCUT2D eigenvalue weighted by atomic mass is 16.5. The minimum Gasteiger partial charge on any atom is -0.493 e. The lowest BCUT2D eigenvalue weighted by atomic mass is 10.1. The first-order chi connectivity index (χ1) is 13.4. The van der Waals surface area contributed by atoms with Gasteiger partial charge in [0.05, 0.1) is 39.0 Å². The molecule has 0 aromatic heterocycles. The topological polar surface area (TPSA) is 83.8 Å². The van der Waals surface area contributed by atoms with Gasteiger partial charge in [-0.3, -0.25) is 9.69 Å². The molecule has 0 saturated carbocycles. The third-order valence-corrected chi connectivity index (χ3v) is 4.53. The van der Waals surface area contributed by atoms with Gasteiger partial charge in [-0.15, -0.1) is 0 Å². The van der Waals surface area contributed by atoms with Gasteiger partial charge in [0.1, 0.15) is 0 Å². The fraction of sp³-hybridized carbons (Fsp3) is 0.333. The molecule has 0 aliphatic carbocycles. The van der Waals surface area contributed by atoms with E-state index < -0.39 is 6.04 Å². The normalized spacial score (nSPS) is 11.5. The van der Waals surface area contributed by atoms with Gasteiger partial charge in [-0.25, -0.2) is 0 Å². The Balaban J connectivity index is 2.11. The molecule has 7 nitrogen and oxygen atoms in total. The van der Waals surface area contributed by atoms with Crippen LogP contribution in [0.25, 0.3) is 0 Å².